The lowest BCUT2D eigenvalue weighted by Gasteiger charge is -2.21. The lowest BCUT2D eigenvalue weighted by Crippen LogP contribution is -2.16. The molecule has 0 heterocycles. The van der Waals surface area contributed by atoms with Crippen molar-refractivity contribution in [3.63, 3.8) is 0 Å². The first-order valence-electron chi connectivity index (χ1n) is 6.89. The molecule has 2 heteroatoms. The van der Waals surface area contributed by atoms with Gasteiger partial charge in [0.05, 0.1) is 0 Å². The van der Waals surface area contributed by atoms with Crippen LogP contribution in [0, 0.1) is 12.8 Å². The topological polar surface area (TPSA) is 38.0 Å². The van der Waals surface area contributed by atoms with Gasteiger partial charge in [-0.2, -0.15) is 0 Å². The summed E-state index contributed by atoms with van der Waals surface area (Å²) in [5.41, 5.74) is 9.74. The van der Waals surface area contributed by atoms with Crippen molar-refractivity contribution in [2.45, 2.75) is 46.5 Å². The van der Waals surface area contributed by atoms with E-state index in [2.05, 4.69) is 58.1 Å². The summed E-state index contributed by atoms with van der Waals surface area (Å²) in [5, 5.41) is 3.52. The number of benzene rings is 1. The molecule has 1 aromatic carbocycles. The van der Waals surface area contributed by atoms with Gasteiger partial charge >= 0.3 is 0 Å². The van der Waals surface area contributed by atoms with E-state index in [0.717, 1.165) is 19.5 Å². The molecule has 0 radical (unpaired) electrons. The van der Waals surface area contributed by atoms with Gasteiger partial charge in [-0.15, -0.1) is 0 Å². The van der Waals surface area contributed by atoms with E-state index in [1.54, 1.807) is 0 Å². The fourth-order valence-electron chi connectivity index (χ4n) is 2.00. The van der Waals surface area contributed by atoms with Crippen molar-refractivity contribution < 1.29 is 0 Å². The highest BCUT2D eigenvalue weighted by Gasteiger charge is 2.14. The summed E-state index contributed by atoms with van der Waals surface area (Å²) in [5.74, 6) is 0.622. The molecule has 0 amide bonds. The predicted molar refractivity (Wildman–Crippen MR) is 81.2 cm³/mol. The lowest BCUT2D eigenvalue weighted by molar-refractivity contribution is 0.568. The van der Waals surface area contributed by atoms with Crippen LogP contribution in [0.1, 0.15) is 45.2 Å². The minimum Gasteiger partial charge on any atom is -0.385 e. The Kier molecular flexibility index (Phi) is 5.21. The summed E-state index contributed by atoms with van der Waals surface area (Å²) in [7, 11) is 0. The lowest BCUT2D eigenvalue weighted by atomic mass is 9.86. The predicted octanol–water partition coefficient (Wildman–Crippen LogP) is 3.69. The van der Waals surface area contributed by atoms with Crippen LogP contribution in [0.15, 0.2) is 18.2 Å². The van der Waals surface area contributed by atoms with Crippen LogP contribution in [-0.4, -0.2) is 13.1 Å². The largest absolute Gasteiger partial charge is 0.385 e. The first-order chi connectivity index (χ1) is 8.34. The van der Waals surface area contributed by atoms with E-state index < -0.39 is 0 Å². The summed E-state index contributed by atoms with van der Waals surface area (Å²) in [4.78, 5) is 0. The number of hydrogen-bond acceptors (Lipinski definition) is 2. The number of anilines is 1. The molecule has 102 valence electrons. The van der Waals surface area contributed by atoms with Gasteiger partial charge in [0.2, 0.25) is 0 Å². The van der Waals surface area contributed by atoms with Crippen molar-refractivity contribution >= 4 is 5.69 Å². The Bertz CT molecular complexity index is 377. The summed E-state index contributed by atoms with van der Waals surface area (Å²) in [6, 6.07) is 6.71. The number of hydrogen-bond donors (Lipinski definition) is 2. The molecule has 1 rings (SSSR count). The fourth-order valence-corrected chi connectivity index (χ4v) is 2.00. The normalized spacial score (nSPS) is 13.4. The molecule has 0 saturated carbocycles. The Labute approximate surface area is 112 Å². The first-order valence-corrected chi connectivity index (χ1v) is 6.89. The van der Waals surface area contributed by atoms with Gasteiger partial charge < -0.3 is 11.1 Å². The third-order valence-electron chi connectivity index (χ3n) is 3.39. The summed E-state index contributed by atoms with van der Waals surface area (Å²) in [6.45, 7) is 12.9. The van der Waals surface area contributed by atoms with Gasteiger partial charge in [0.15, 0.2) is 0 Å². The van der Waals surface area contributed by atoms with Crippen LogP contribution < -0.4 is 11.1 Å². The van der Waals surface area contributed by atoms with Gasteiger partial charge in [0.25, 0.3) is 0 Å². The van der Waals surface area contributed by atoms with E-state index in [0.29, 0.717) is 5.92 Å². The molecule has 2 nitrogen and oxygen atoms in total. The Morgan fingerprint density at radius 3 is 2.44 bits per heavy atom. The molecule has 0 aromatic heterocycles. The first kappa shape index (κ1) is 15.0. The average molecular weight is 248 g/mol. The number of nitrogens with one attached hydrogen (secondary N) is 1. The standard InChI is InChI=1S/C16H28N2/c1-12(8-9-17)11-18-15-7-6-14(10-13(15)2)16(3,4)5/h6-7,10,12,18H,8-9,11,17H2,1-5H3. The number of nitrogens with two attached hydrogens (primary N) is 1. The van der Waals surface area contributed by atoms with Gasteiger partial charge in [0.1, 0.15) is 0 Å². The van der Waals surface area contributed by atoms with Crippen molar-refractivity contribution in [2.24, 2.45) is 11.7 Å². The second-order valence-corrected chi connectivity index (χ2v) is 6.34. The Morgan fingerprint density at radius 2 is 1.94 bits per heavy atom. The highest BCUT2D eigenvalue weighted by molar-refractivity contribution is 5.53. The molecule has 1 aromatic rings. The molecule has 3 N–H and O–H groups in total. The van der Waals surface area contributed by atoms with Crippen molar-refractivity contribution in [3.05, 3.63) is 29.3 Å². The SMILES string of the molecule is Cc1cc(C(C)(C)C)ccc1NCC(C)CCN. The van der Waals surface area contributed by atoms with Crippen molar-refractivity contribution in [2.75, 3.05) is 18.4 Å². The van der Waals surface area contributed by atoms with Crippen LogP contribution in [0.4, 0.5) is 5.69 Å². The van der Waals surface area contributed by atoms with Gasteiger partial charge in [-0.3, -0.25) is 0 Å². The Morgan fingerprint density at radius 1 is 1.28 bits per heavy atom. The van der Waals surface area contributed by atoms with E-state index in [1.807, 2.05) is 0 Å². The molecular weight excluding hydrogens is 220 g/mol. The van der Waals surface area contributed by atoms with E-state index in [9.17, 15) is 0 Å². The third kappa shape index (κ3) is 4.34. The molecule has 0 bridgehead atoms. The monoisotopic (exact) mass is 248 g/mol. The smallest absolute Gasteiger partial charge is 0.0370 e. The zero-order valence-corrected chi connectivity index (χ0v) is 12.5. The molecule has 0 saturated heterocycles. The van der Waals surface area contributed by atoms with Gasteiger partial charge in [-0.1, -0.05) is 39.8 Å². The maximum absolute atomic E-state index is 5.57. The molecule has 18 heavy (non-hydrogen) atoms. The highest BCUT2D eigenvalue weighted by Crippen LogP contribution is 2.26. The summed E-state index contributed by atoms with van der Waals surface area (Å²) >= 11 is 0. The van der Waals surface area contributed by atoms with Gasteiger partial charge in [-0.25, -0.2) is 0 Å². The van der Waals surface area contributed by atoms with Crippen LogP contribution in [0.2, 0.25) is 0 Å². The van der Waals surface area contributed by atoms with Crippen molar-refractivity contribution in [3.8, 4) is 0 Å². The molecule has 0 aliphatic heterocycles. The Balaban J connectivity index is 2.69. The molecule has 0 fully saturated rings. The number of aryl methyl sites for hydroxylation is 1. The van der Waals surface area contributed by atoms with Gasteiger partial charge in [0, 0.05) is 12.2 Å². The summed E-state index contributed by atoms with van der Waals surface area (Å²) < 4.78 is 0. The van der Waals surface area contributed by atoms with E-state index in [-0.39, 0.29) is 5.41 Å². The molecular formula is C16H28N2. The molecule has 0 aliphatic rings. The van der Waals surface area contributed by atoms with E-state index in [4.69, 9.17) is 5.73 Å². The zero-order valence-electron chi connectivity index (χ0n) is 12.5. The van der Waals surface area contributed by atoms with Crippen molar-refractivity contribution in [1.29, 1.82) is 0 Å². The maximum atomic E-state index is 5.57. The minimum atomic E-state index is 0.218. The minimum absolute atomic E-state index is 0.218. The second-order valence-electron chi connectivity index (χ2n) is 6.34. The quantitative estimate of drug-likeness (QED) is 0.834. The van der Waals surface area contributed by atoms with Crippen LogP contribution in [0.25, 0.3) is 0 Å². The van der Waals surface area contributed by atoms with Crippen LogP contribution in [-0.2, 0) is 5.41 Å². The maximum Gasteiger partial charge on any atom is 0.0370 e. The van der Waals surface area contributed by atoms with Crippen molar-refractivity contribution in [1.82, 2.24) is 0 Å². The Hall–Kier alpha value is -1.02. The van der Waals surface area contributed by atoms with Crippen LogP contribution in [0.3, 0.4) is 0 Å². The number of rotatable bonds is 5. The second kappa shape index (κ2) is 6.24. The zero-order chi connectivity index (χ0) is 13.8. The van der Waals surface area contributed by atoms with Gasteiger partial charge in [-0.05, 0) is 48.4 Å². The van der Waals surface area contributed by atoms with Crippen LogP contribution >= 0.6 is 0 Å². The average Bonchev–Trinajstić information content (AvgIpc) is 2.26. The molecule has 1 atom stereocenters. The fraction of sp³-hybridized carbons (Fsp3) is 0.625. The third-order valence-corrected chi connectivity index (χ3v) is 3.39. The van der Waals surface area contributed by atoms with E-state index >= 15 is 0 Å². The molecule has 0 aliphatic carbocycles. The molecule has 1 unspecified atom stereocenters. The van der Waals surface area contributed by atoms with Crippen LogP contribution in [0.5, 0.6) is 0 Å². The summed E-state index contributed by atoms with van der Waals surface area (Å²) in [6.07, 6.45) is 1.08. The van der Waals surface area contributed by atoms with E-state index in [1.165, 1.54) is 16.8 Å². The highest BCUT2D eigenvalue weighted by atomic mass is 14.9. The molecule has 0 spiro atoms.